The first-order valence-corrected chi connectivity index (χ1v) is 7.51. The molecule has 0 spiro atoms. The van der Waals surface area contributed by atoms with Gasteiger partial charge in [0.05, 0.1) is 12.7 Å². The summed E-state index contributed by atoms with van der Waals surface area (Å²) in [4.78, 5) is 23.1. The number of nitrogens with zero attached hydrogens (tertiary/aromatic N) is 2. The molecule has 2 aromatic rings. The number of hydrogen-bond acceptors (Lipinski definition) is 6. The minimum Gasteiger partial charge on any atom is -0.465 e. The number of aromatic nitrogens is 2. The second-order valence-corrected chi connectivity index (χ2v) is 5.37. The van der Waals surface area contributed by atoms with Gasteiger partial charge in [-0.15, -0.1) is 10.2 Å². The Morgan fingerprint density at radius 1 is 1.12 bits per heavy atom. The van der Waals surface area contributed by atoms with Crippen molar-refractivity contribution in [3.8, 4) is 0 Å². The number of methoxy groups -OCH3 is 1. The Hall–Kier alpha value is -3.16. The number of carbonyl (C=O) groups excluding carboxylic acids is 2. The van der Waals surface area contributed by atoms with Gasteiger partial charge < -0.3 is 15.4 Å². The molecule has 8 heteroatoms. The van der Waals surface area contributed by atoms with Crippen LogP contribution in [0.3, 0.4) is 0 Å². The van der Waals surface area contributed by atoms with Crippen molar-refractivity contribution < 1.29 is 14.3 Å². The summed E-state index contributed by atoms with van der Waals surface area (Å²) >= 11 is 0. The van der Waals surface area contributed by atoms with Crippen LogP contribution < -0.4 is 16.0 Å². The van der Waals surface area contributed by atoms with Gasteiger partial charge in [0, 0.05) is 11.7 Å². The standard InChI is InChI=1S/C16H17N5O3/c1-24-15(22)10-3-2-4-12(9-10)17-13-7-8-14(21-20-13)19-16(23)18-11-5-6-11/h2-4,7-9,11H,5-6H2,1H3,(H,17,20)(H2,18,19,21,23). The fraction of sp³-hybridized carbons (Fsp3) is 0.250. The van der Waals surface area contributed by atoms with E-state index in [9.17, 15) is 9.59 Å². The molecule has 1 aliphatic rings. The van der Waals surface area contributed by atoms with E-state index in [4.69, 9.17) is 0 Å². The normalized spacial score (nSPS) is 13.0. The number of anilines is 3. The SMILES string of the molecule is COC(=O)c1cccc(Nc2ccc(NC(=O)NC3CC3)nn2)c1. The zero-order valence-corrected chi connectivity index (χ0v) is 13.1. The Labute approximate surface area is 138 Å². The van der Waals surface area contributed by atoms with Gasteiger partial charge in [-0.05, 0) is 43.2 Å². The van der Waals surface area contributed by atoms with Crippen molar-refractivity contribution in [3.63, 3.8) is 0 Å². The molecular formula is C16H17N5O3. The molecule has 0 saturated heterocycles. The highest BCUT2D eigenvalue weighted by molar-refractivity contribution is 5.90. The lowest BCUT2D eigenvalue weighted by Gasteiger charge is -2.08. The molecule has 0 aliphatic heterocycles. The predicted octanol–water partition coefficient (Wildman–Crippen LogP) is 2.29. The molecule has 1 fully saturated rings. The van der Waals surface area contributed by atoms with E-state index in [2.05, 4.69) is 30.9 Å². The predicted molar refractivity (Wildman–Crippen MR) is 88.3 cm³/mol. The van der Waals surface area contributed by atoms with Crippen molar-refractivity contribution in [1.82, 2.24) is 15.5 Å². The van der Waals surface area contributed by atoms with Crippen LogP contribution in [0.5, 0.6) is 0 Å². The zero-order valence-electron chi connectivity index (χ0n) is 13.1. The molecule has 1 aliphatic carbocycles. The molecule has 1 aromatic carbocycles. The van der Waals surface area contributed by atoms with E-state index in [1.807, 2.05) is 0 Å². The van der Waals surface area contributed by atoms with Crippen molar-refractivity contribution in [2.24, 2.45) is 0 Å². The smallest absolute Gasteiger partial charge is 0.337 e. The number of amides is 2. The molecular weight excluding hydrogens is 310 g/mol. The van der Waals surface area contributed by atoms with Gasteiger partial charge in [0.25, 0.3) is 0 Å². The van der Waals surface area contributed by atoms with Crippen LogP contribution in [-0.4, -0.2) is 35.3 Å². The Morgan fingerprint density at radius 2 is 1.88 bits per heavy atom. The van der Waals surface area contributed by atoms with Crippen LogP contribution in [-0.2, 0) is 4.74 Å². The Bertz CT molecular complexity index is 744. The lowest BCUT2D eigenvalue weighted by atomic mass is 10.2. The Morgan fingerprint density at radius 3 is 2.54 bits per heavy atom. The molecule has 0 unspecified atom stereocenters. The largest absolute Gasteiger partial charge is 0.465 e. The second kappa shape index (κ2) is 6.95. The summed E-state index contributed by atoms with van der Waals surface area (Å²) in [6.07, 6.45) is 2.04. The van der Waals surface area contributed by atoms with E-state index in [0.29, 0.717) is 22.9 Å². The molecule has 0 radical (unpaired) electrons. The topological polar surface area (TPSA) is 105 Å². The molecule has 3 rings (SSSR count). The number of nitrogens with one attached hydrogen (secondary N) is 3. The van der Waals surface area contributed by atoms with E-state index in [-0.39, 0.29) is 12.1 Å². The maximum atomic E-state index is 11.6. The highest BCUT2D eigenvalue weighted by Gasteiger charge is 2.23. The summed E-state index contributed by atoms with van der Waals surface area (Å²) in [6, 6.07) is 10.2. The molecule has 1 heterocycles. The third-order valence-electron chi connectivity index (χ3n) is 3.37. The van der Waals surface area contributed by atoms with Crippen LogP contribution in [0.1, 0.15) is 23.2 Å². The minimum atomic E-state index is -0.411. The van der Waals surface area contributed by atoms with Crippen LogP contribution in [0.25, 0.3) is 0 Å². The Kier molecular flexibility index (Phi) is 4.55. The molecule has 0 atom stereocenters. The van der Waals surface area contributed by atoms with E-state index in [1.165, 1.54) is 7.11 Å². The number of hydrogen-bond donors (Lipinski definition) is 3. The van der Waals surface area contributed by atoms with Crippen LogP contribution in [0.15, 0.2) is 36.4 Å². The van der Waals surface area contributed by atoms with E-state index >= 15 is 0 Å². The van der Waals surface area contributed by atoms with Crippen molar-refractivity contribution in [3.05, 3.63) is 42.0 Å². The molecule has 124 valence electrons. The number of carbonyl (C=O) groups is 2. The third kappa shape index (κ3) is 4.19. The van der Waals surface area contributed by atoms with Gasteiger partial charge in [-0.25, -0.2) is 9.59 Å². The number of esters is 1. The maximum Gasteiger partial charge on any atom is 0.337 e. The van der Waals surface area contributed by atoms with Crippen molar-refractivity contribution in [2.45, 2.75) is 18.9 Å². The first-order valence-electron chi connectivity index (χ1n) is 7.51. The number of urea groups is 1. The molecule has 3 N–H and O–H groups in total. The summed E-state index contributed by atoms with van der Waals surface area (Å²) in [6.45, 7) is 0. The van der Waals surface area contributed by atoms with Crippen molar-refractivity contribution in [1.29, 1.82) is 0 Å². The van der Waals surface area contributed by atoms with Gasteiger partial charge in [-0.1, -0.05) is 6.07 Å². The van der Waals surface area contributed by atoms with Crippen LogP contribution in [0.4, 0.5) is 22.1 Å². The van der Waals surface area contributed by atoms with E-state index < -0.39 is 5.97 Å². The molecule has 1 aromatic heterocycles. The zero-order chi connectivity index (χ0) is 16.9. The van der Waals surface area contributed by atoms with Gasteiger partial charge in [-0.2, -0.15) is 0 Å². The fourth-order valence-electron chi connectivity index (χ4n) is 2.02. The summed E-state index contributed by atoms with van der Waals surface area (Å²) in [5, 5.41) is 16.4. The molecule has 1 saturated carbocycles. The van der Waals surface area contributed by atoms with Gasteiger partial charge in [-0.3, -0.25) is 5.32 Å². The minimum absolute atomic E-state index is 0.279. The lowest BCUT2D eigenvalue weighted by Crippen LogP contribution is -2.30. The van der Waals surface area contributed by atoms with Crippen LogP contribution >= 0.6 is 0 Å². The third-order valence-corrected chi connectivity index (χ3v) is 3.37. The van der Waals surface area contributed by atoms with Crippen LogP contribution in [0, 0.1) is 0 Å². The summed E-state index contributed by atoms with van der Waals surface area (Å²) < 4.78 is 4.69. The summed E-state index contributed by atoms with van der Waals surface area (Å²) in [7, 11) is 1.33. The van der Waals surface area contributed by atoms with Crippen molar-refractivity contribution >= 4 is 29.3 Å². The van der Waals surface area contributed by atoms with Crippen LogP contribution in [0.2, 0.25) is 0 Å². The maximum absolute atomic E-state index is 11.6. The quantitative estimate of drug-likeness (QED) is 0.728. The van der Waals surface area contributed by atoms with Gasteiger partial charge in [0.15, 0.2) is 11.6 Å². The first-order chi connectivity index (χ1) is 11.6. The van der Waals surface area contributed by atoms with Gasteiger partial charge in [0.1, 0.15) is 0 Å². The summed E-state index contributed by atoms with van der Waals surface area (Å²) in [5.41, 5.74) is 1.12. The average Bonchev–Trinajstić information content (AvgIpc) is 3.40. The van der Waals surface area contributed by atoms with E-state index in [1.54, 1.807) is 36.4 Å². The molecule has 24 heavy (non-hydrogen) atoms. The van der Waals surface area contributed by atoms with E-state index in [0.717, 1.165) is 12.8 Å². The van der Waals surface area contributed by atoms with Crippen molar-refractivity contribution in [2.75, 3.05) is 17.7 Å². The monoisotopic (exact) mass is 327 g/mol. The molecule has 2 amide bonds. The fourth-order valence-corrected chi connectivity index (χ4v) is 2.02. The summed E-state index contributed by atoms with van der Waals surface area (Å²) in [5.74, 6) is 0.443. The number of ether oxygens (including phenoxy) is 1. The molecule has 8 nitrogen and oxygen atoms in total. The number of rotatable bonds is 5. The van der Waals surface area contributed by atoms with Gasteiger partial charge >= 0.3 is 12.0 Å². The first kappa shape index (κ1) is 15.7. The highest BCUT2D eigenvalue weighted by Crippen LogP contribution is 2.19. The lowest BCUT2D eigenvalue weighted by molar-refractivity contribution is 0.0601. The molecule has 0 bridgehead atoms. The Balaban J connectivity index is 1.61. The average molecular weight is 327 g/mol. The number of benzene rings is 1. The second-order valence-electron chi connectivity index (χ2n) is 5.37. The highest BCUT2D eigenvalue weighted by atomic mass is 16.5. The van der Waals surface area contributed by atoms with Gasteiger partial charge in [0.2, 0.25) is 0 Å².